The summed E-state index contributed by atoms with van der Waals surface area (Å²) in [6.07, 6.45) is 2.74. The van der Waals surface area contributed by atoms with Gasteiger partial charge in [-0.25, -0.2) is 4.39 Å². The van der Waals surface area contributed by atoms with Crippen molar-refractivity contribution < 1.29 is 19.0 Å². The Balaban J connectivity index is 2.58. The topological polar surface area (TPSA) is 59.4 Å². The smallest absolute Gasteiger partial charge is 0.307 e. The number of hydrogen-bond acceptors (Lipinski definition) is 3. The van der Waals surface area contributed by atoms with Gasteiger partial charge in [-0.1, -0.05) is 12.1 Å². The second kappa shape index (κ2) is 5.48. The van der Waals surface area contributed by atoms with Gasteiger partial charge in [0.05, 0.1) is 19.7 Å². The molecule has 1 aromatic heterocycles. The highest BCUT2D eigenvalue weighted by Crippen LogP contribution is 2.30. The van der Waals surface area contributed by atoms with Gasteiger partial charge in [0, 0.05) is 17.3 Å². The van der Waals surface area contributed by atoms with E-state index in [0.29, 0.717) is 22.4 Å². The van der Waals surface area contributed by atoms with Gasteiger partial charge in [-0.15, -0.1) is 0 Å². The number of carboxylic acid groups (broad SMARTS) is 1. The Kier molecular flexibility index (Phi) is 3.75. The summed E-state index contributed by atoms with van der Waals surface area (Å²) < 4.78 is 18.4. The van der Waals surface area contributed by atoms with Crippen LogP contribution in [0.4, 0.5) is 4.39 Å². The number of halogens is 1. The van der Waals surface area contributed by atoms with Crippen LogP contribution in [0.3, 0.4) is 0 Å². The number of aromatic nitrogens is 1. The molecule has 0 saturated carbocycles. The number of methoxy groups -OCH3 is 1. The summed E-state index contributed by atoms with van der Waals surface area (Å²) in [7, 11) is 1.44. The fourth-order valence-electron chi connectivity index (χ4n) is 1.88. The lowest BCUT2D eigenvalue weighted by molar-refractivity contribution is -0.136. The molecule has 0 aliphatic carbocycles. The third-order valence-corrected chi connectivity index (χ3v) is 2.70. The van der Waals surface area contributed by atoms with E-state index in [1.807, 2.05) is 0 Å². The van der Waals surface area contributed by atoms with Gasteiger partial charge < -0.3 is 9.84 Å². The Bertz CT molecular complexity index is 613. The minimum Gasteiger partial charge on any atom is -0.495 e. The average molecular weight is 261 g/mol. The lowest BCUT2D eigenvalue weighted by Crippen LogP contribution is -2.05. The van der Waals surface area contributed by atoms with Crippen LogP contribution in [0.1, 0.15) is 5.56 Å². The van der Waals surface area contributed by atoms with E-state index in [4.69, 9.17) is 9.84 Å². The minimum absolute atomic E-state index is 0.211. The maximum absolute atomic E-state index is 13.3. The van der Waals surface area contributed by atoms with Gasteiger partial charge in [0.25, 0.3) is 0 Å². The molecule has 19 heavy (non-hydrogen) atoms. The van der Waals surface area contributed by atoms with E-state index < -0.39 is 5.97 Å². The molecule has 0 spiro atoms. The molecular formula is C14H12FNO3. The number of carbonyl (C=O) groups is 1. The van der Waals surface area contributed by atoms with Crippen LogP contribution in [-0.2, 0) is 11.2 Å². The first-order valence-corrected chi connectivity index (χ1v) is 5.60. The van der Waals surface area contributed by atoms with Gasteiger partial charge in [0.1, 0.15) is 11.6 Å². The standard InChI is InChI=1S/C14H12FNO3/c1-19-13-8-16-7-12(11(13)6-14(17)18)9-3-2-4-10(15)5-9/h2-5,7-8H,6H2,1H3,(H,17,18). The summed E-state index contributed by atoms with van der Waals surface area (Å²) in [5.41, 5.74) is 1.61. The molecule has 0 unspecified atom stereocenters. The van der Waals surface area contributed by atoms with Crippen molar-refractivity contribution in [3.63, 3.8) is 0 Å². The molecule has 1 heterocycles. The molecule has 2 aromatic rings. The molecule has 0 aliphatic rings. The maximum Gasteiger partial charge on any atom is 0.307 e. The predicted octanol–water partition coefficient (Wildman–Crippen LogP) is 2.52. The molecule has 0 aliphatic heterocycles. The van der Waals surface area contributed by atoms with Crippen molar-refractivity contribution in [2.45, 2.75) is 6.42 Å². The predicted molar refractivity (Wildman–Crippen MR) is 67.5 cm³/mol. The molecule has 0 fully saturated rings. The van der Waals surface area contributed by atoms with Gasteiger partial charge in [0.2, 0.25) is 0 Å². The third-order valence-electron chi connectivity index (χ3n) is 2.70. The van der Waals surface area contributed by atoms with Crippen LogP contribution in [0.2, 0.25) is 0 Å². The quantitative estimate of drug-likeness (QED) is 0.918. The molecular weight excluding hydrogens is 249 g/mol. The molecule has 1 N–H and O–H groups in total. The normalized spacial score (nSPS) is 10.2. The number of rotatable bonds is 4. The lowest BCUT2D eigenvalue weighted by Gasteiger charge is -2.12. The van der Waals surface area contributed by atoms with Crippen molar-refractivity contribution >= 4 is 5.97 Å². The Morgan fingerprint density at radius 2 is 2.21 bits per heavy atom. The molecule has 0 atom stereocenters. The Morgan fingerprint density at radius 3 is 2.84 bits per heavy atom. The van der Waals surface area contributed by atoms with E-state index in [-0.39, 0.29) is 12.2 Å². The van der Waals surface area contributed by atoms with Crippen LogP contribution in [-0.4, -0.2) is 23.2 Å². The fourth-order valence-corrected chi connectivity index (χ4v) is 1.88. The van der Waals surface area contributed by atoms with Crippen molar-refractivity contribution in [2.24, 2.45) is 0 Å². The summed E-state index contributed by atoms with van der Waals surface area (Å²) in [5.74, 6) is -0.993. The van der Waals surface area contributed by atoms with E-state index in [9.17, 15) is 9.18 Å². The van der Waals surface area contributed by atoms with Crippen LogP contribution in [0.5, 0.6) is 5.75 Å². The molecule has 2 rings (SSSR count). The zero-order chi connectivity index (χ0) is 13.8. The summed E-state index contributed by atoms with van der Waals surface area (Å²) in [6, 6.07) is 5.93. The number of carboxylic acids is 1. The second-order valence-electron chi connectivity index (χ2n) is 3.95. The largest absolute Gasteiger partial charge is 0.495 e. The van der Waals surface area contributed by atoms with Crippen molar-refractivity contribution in [2.75, 3.05) is 7.11 Å². The first-order chi connectivity index (χ1) is 9.11. The van der Waals surface area contributed by atoms with Crippen molar-refractivity contribution in [1.29, 1.82) is 0 Å². The highest BCUT2D eigenvalue weighted by Gasteiger charge is 2.15. The number of ether oxygens (including phenoxy) is 1. The Morgan fingerprint density at radius 1 is 1.42 bits per heavy atom. The maximum atomic E-state index is 13.3. The number of pyridine rings is 1. The van der Waals surface area contributed by atoms with E-state index in [0.717, 1.165) is 0 Å². The summed E-state index contributed by atoms with van der Waals surface area (Å²) in [6.45, 7) is 0. The van der Waals surface area contributed by atoms with E-state index in [2.05, 4.69) is 4.98 Å². The average Bonchev–Trinajstić information content (AvgIpc) is 2.38. The molecule has 5 heteroatoms. The fraction of sp³-hybridized carbons (Fsp3) is 0.143. The van der Waals surface area contributed by atoms with Crippen molar-refractivity contribution in [1.82, 2.24) is 4.98 Å². The monoisotopic (exact) mass is 261 g/mol. The van der Waals surface area contributed by atoms with E-state index >= 15 is 0 Å². The molecule has 0 saturated heterocycles. The molecule has 4 nitrogen and oxygen atoms in total. The van der Waals surface area contributed by atoms with Gasteiger partial charge in [0.15, 0.2) is 0 Å². The number of benzene rings is 1. The highest BCUT2D eigenvalue weighted by atomic mass is 19.1. The molecule has 98 valence electrons. The molecule has 0 radical (unpaired) electrons. The summed E-state index contributed by atoms with van der Waals surface area (Å²) in [4.78, 5) is 14.9. The van der Waals surface area contributed by atoms with Crippen LogP contribution >= 0.6 is 0 Å². The lowest BCUT2D eigenvalue weighted by atomic mass is 9.99. The summed E-state index contributed by atoms with van der Waals surface area (Å²) in [5, 5.41) is 8.96. The van der Waals surface area contributed by atoms with E-state index in [1.165, 1.54) is 31.6 Å². The molecule has 0 amide bonds. The zero-order valence-electron chi connectivity index (χ0n) is 10.3. The number of aliphatic carboxylic acids is 1. The number of hydrogen-bond donors (Lipinski definition) is 1. The zero-order valence-corrected chi connectivity index (χ0v) is 10.3. The van der Waals surface area contributed by atoms with Crippen molar-refractivity contribution in [3.05, 3.63) is 48.0 Å². The van der Waals surface area contributed by atoms with Crippen LogP contribution in [0.15, 0.2) is 36.7 Å². The van der Waals surface area contributed by atoms with Gasteiger partial charge >= 0.3 is 5.97 Å². The van der Waals surface area contributed by atoms with Gasteiger partial charge in [-0.05, 0) is 17.7 Å². The first-order valence-electron chi connectivity index (χ1n) is 5.60. The third kappa shape index (κ3) is 2.88. The van der Waals surface area contributed by atoms with Crippen LogP contribution in [0, 0.1) is 5.82 Å². The molecule has 1 aromatic carbocycles. The SMILES string of the molecule is COc1cncc(-c2cccc(F)c2)c1CC(=O)O. The molecule has 0 bridgehead atoms. The minimum atomic E-state index is -0.984. The van der Waals surface area contributed by atoms with Crippen LogP contribution < -0.4 is 4.74 Å². The summed E-state index contributed by atoms with van der Waals surface area (Å²) >= 11 is 0. The van der Waals surface area contributed by atoms with Crippen LogP contribution in [0.25, 0.3) is 11.1 Å². The highest BCUT2D eigenvalue weighted by molar-refractivity contribution is 5.78. The Hall–Kier alpha value is -2.43. The van der Waals surface area contributed by atoms with Crippen molar-refractivity contribution in [3.8, 4) is 16.9 Å². The van der Waals surface area contributed by atoms with Gasteiger partial charge in [-0.3, -0.25) is 9.78 Å². The van der Waals surface area contributed by atoms with E-state index in [1.54, 1.807) is 12.1 Å². The Labute approximate surface area is 109 Å². The number of nitrogens with zero attached hydrogens (tertiary/aromatic N) is 1. The second-order valence-corrected chi connectivity index (χ2v) is 3.95. The first kappa shape index (κ1) is 13.0. The van der Waals surface area contributed by atoms with Gasteiger partial charge in [-0.2, -0.15) is 0 Å².